The molecule has 0 atom stereocenters. The first kappa shape index (κ1) is 18.4. The highest BCUT2D eigenvalue weighted by Crippen LogP contribution is 2.28. The number of benzene rings is 2. The summed E-state index contributed by atoms with van der Waals surface area (Å²) in [6.45, 7) is 2.42. The Morgan fingerprint density at radius 3 is 2.54 bits per heavy atom. The summed E-state index contributed by atoms with van der Waals surface area (Å²) in [5.74, 6) is 1.25. The van der Waals surface area contributed by atoms with E-state index in [1.54, 1.807) is 36.8 Å². The van der Waals surface area contributed by atoms with Crippen LogP contribution in [0.5, 0.6) is 11.5 Å². The third kappa shape index (κ3) is 4.23. The van der Waals surface area contributed by atoms with Gasteiger partial charge in [-0.2, -0.15) is 0 Å². The van der Waals surface area contributed by atoms with Gasteiger partial charge in [0.1, 0.15) is 16.5 Å². The Kier molecular flexibility index (Phi) is 5.58. The minimum Gasteiger partial charge on any atom is -0.497 e. The molecule has 0 saturated carbocycles. The second-order valence-electron chi connectivity index (χ2n) is 5.54. The van der Waals surface area contributed by atoms with Gasteiger partial charge in [0, 0.05) is 10.9 Å². The molecule has 1 heterocycles. The Hall–Kier alpha value is -2.38. The standard InChI is InChI=1S/C19H19NO4S2/c1-3-24-16-7-9-18(10-8-16)26(21,22)13-15-12-25-19(20-15)14-5-4-6-17(11-14)23-2/h4-12H,3,13H2,1-2H3. The predicted octanol–water partition coefficient (Wildman–Crippen LogP) is 4.19. The van der Waals surface area contributed by atoms with Crippen LogP contribution in [-0.2, 0) is 15.6 Å². The zero-order valence-corrected chi connectivity index (χ0v) is 16.1. The molecule has 0 amide bonds. The second kappa shape index (κ2) is 7.88. The van der Waals surface area contributed by atoms with Crippen molar-refractivity contribution in [1.82, 2.24) is 4.98 Å². The average molecular weight is 389 g/mol. The molecule has 0 aliphatic rings. The number of methoxy groups -OCH3 is 1. The SMILES string of the molecule is CCOc1ccc(S(=O)(=O)Cc2csc(-c3cccc(OC)c3)n2)cc1. The number of thiazole rings is 1. The zero-order valence-electron chi connectivity index (χ0n) is 14.5. The van der Waals surface area contributed by atoms with E-state index in [2.05, 4.69) is 4.98 Å². The first-order valence-corrected chi connectivity index (χ1v) is 10.6. The third-order valence-electron chi connectivity index (χ3n) is 3.70. The first-order chi connectivity index (χ1) is 12.5. The largest absolute Gasteiger partial charge is 0.497 e. The molecule has 3 rings (SSSR count). The van der Waals surface area contributed by atoms with Crippen LogP contribution in [0.3, 0.4) is 0 Å². The summed E-state index contributed by atoms with van der Waals surface area (Å²) in [5, 5.41) is 2.54. The van der Waals surface area contributed by atoms with E-state index in [0.717, 1.165) is 16.3 Å². The second-order valence-corrected chi connectivity index (χ2v) is 8.39. The molecule has 2 aromatic carbocycles. The maximum Gasteiger partial charge on any atom is 0.184 e. The van der Waals surface area contributed by atoms with E-state index in [4.69, 9.17) is 9.47 Å². The monoisotopic (exact) mass is 389 g/mol. The molecule has 136 valence electrons. The summed E-state index contributed by atoms with van der Waals surface area (Å²) in [6.07, 6.45) is 0. The number of ether oxygens (including phenoxy) is 2. The van der Waals surface area contributed by atoms with Gasteiger partial charge in [-0.05, 0) is 43.3 Å². The van der Waals surface area contributed by atoms with E-state index in [0.29, 0.717) is 18.1 Å². The Morgan fingerprint density at radius 2 is 1.85 bits per heavy atom. The molecule has 0 radical (unpaired) electrons. The van der Waals surface area contributed by atoms with Crippen molar-refractivity contribution in [3.05, 3.63) is 59.6 Å². The van der Waals surface area contributed by atoms with E-state index in [1.165, 1.54) is 11.3 Å². The van der Waals surface area contributed by atoms with Crippen molar-refractivity contribution in [2.24, 2.45) is 0 Å². The summed E-state index contributed by atoms with van der Waals surface area (Å²) in [7, 11) is -1.86. The quantitative estimate of drug-likeness (QED) is 0.606. The van der Waals surface area contributed by atoms with E-state index in [1.807, 2.05) is 31.2 Å². The Morgan fingerprint density at radius 1 is 1.08 bits per heavy atom. The molecule has 0 spiro atoms. The third-order valence-corrected chi connectivity index (χ3v) is 6.31. The average Bonchev–Trinajstić information content (AvgIpc) is 3.10. The summed E-state index contributed by atoms with van der Waals surface area (Å²) in [4.78, 5) is 4.73. The van der Waals surface area contributed by atoms with E-state index in [9.17, 15) is 8.42 Å². The highest BCUT2D eigenvalue weighted by Gasteiger charge is 2.18. The number of hydrogen-bond donors (Lipinski definition) is 0. The lowest BCUT2D eigenvalue weighted by molar-refractivity contribution is 0.340. The van der Waals surface area contributed by atoms with E-state index >= 15 is 0 Å². The molecule has 3 aromatic rings. The molecule has 0 aliphatic heterocycles. The van der Waals surface area contributed by atoms with Gasteiger partial charge in [-0.15, -0.1) is 11.3 Å². The molecule has 0 aliphatic carbocycles. The van der Waals surface area contributed by atoms with Gasteiger partial charge in [0.25, 0.3) is 0 Å². The highest BCUT2D eigenvalue weighted by atomic mass is 32.2. The predicted molar refractivity (Wildman–Crippen MR) is 103 cm³/mol. The zero-order chi connectivity index (χ0) is 18.6. The van der Waals surface area contributed by atoms with Gasteiger partial charge in [-0.3, -0.25) is 0 Å². The molecule has 1 aromatic heterocycles. The van der Waals surface area contributed by atoms with Crippen molar-refractivity contribution in [3.8, 4) is 22.1 Å². The van der Waals surface area contributed by atoms with Gasteiger partial charge in [-0.25, -0.2) is 13.4 Å². The minimum atomic E-state index is -3.46. The van der Waals surface area contributed by atoms with Crippen LogP contribution < -0.4 is 9.47 Å². The van der Waals surface area contributed by atoms with Crippen LogP contribution in [0.1, 0.15) is 12.6 Å². The maximum absolute atomic E-state index is 12.6. The highest BCUT2D eigenvalue weighted by molar-refractivity contribution is 7.90. The van der Waals surface area contributed by atoms with Gasteiger partial charge in [0.05, 0.1) is 30.1 Å². The van der Waals surface area contributed by atoms with Crippen molar-refractivity contribution < 1.29 is 17.9 Å². The number of sulfone groups is 1. The fourth-order valence-corrected chi connectivity index (χ4v) is 4.63. The lowest BCUT2D eigenvalue weighted by Crippen LogP contribution is -2.05. The normalized spacial score (nSPS) is 11.3. The maximum atomic E-state index is 12.6. The summed E-state index contributed by atoms with van der Waals surface area (Å²) < 4.78 is 35.8. The summed E-state index contributed by atoms with van der Waals surface area (Å²) in [6, 6.07) is 14.0. The van der Waals surface area contributed by atoms with Crippen molar-refractivity contribution >= 4 is 21.2 Å². The molecule has 0 N–H and O–H groups in total. The first-order valence-electron chi connectivity index (χ1n) is 8.06. The summed E-state index contributed by atoms with van der Waals surface area (Å²) >= 11 is 1.42. The fraction of sp³-hybridized carbons (Fsp3) is 0.211. The molecule has 0 saturated heterocycles. The van der Waals surface area contributed by atoms with E-state index < -0.39 is 9.84 Å². The van der Waals surface area contributed by atoms with Crippen LogP contribution >= 0.6 is 11.3 Å². The Labute approximate surface area is 157 Å². The molecule has 0 fully saturated rings. The number of nitrogens with zero attached hydrogens (tertiary/aromatic N) is 1. The van der Waals surface area contributed by atoms with Crippen LogP contribution in [0, 0.1) is 0 Å². The smallest absolute Gasteiger partial charge is 0.184 e. The Bertz CT molecular complexity index is 979. The lowest BCUT2D eigenvalue weighted by Gasteiger charge is -2.05. The van der Waals surface area contributed by atoms with Crippen LogP contribution in [0.2, 0.25) is 0 Å². The van der Waals surface area contributed by atoms with Gasteiger partial charge in [0.2, 0.25) is 0 Å². The number of aromatic nitrogens is 1. The van der Waals surface area contributed by atoms with Crippen molar-refractivity contribution in [3.63, 3.8) is 0 Å². The lowest BCUT2D eigenvalue weighted by atomic mass is 10.2. The van der Waals surface area contributed by atoms with Crippen molar-refractivity contribution in [2.45, 2.75) is 17.6 Å². The molecule has 5 nitrogen and oxygen atoms in total. The van der Waals surface area contributed by atoms with Gasteiger partial charge in [-0.1, -0.05) is 12.1 Å². The van der Waals surface area contributed by atoms with Crippen molar-refractivity contribution in [2.75, 3.05) is 13.7 Å². The van der Waals surface area contributed by atoms with E-state index in [-0.39, 0.29) is 10.6 Å². The fourth-order valence-electron chi connectivity index (χ4n) is 2.45. The van der Waals surface area contributed by atoms with Crippen molar-refractivity contribution in [1.29, 1.82) is 0 Å². The molecular weight excluding hydrogens is 370 g/mol. The van der Waals surface area contributed by atoms with Gasteiger partial charge in [0.15, 0.2) is 9.84 Å². The van der Waals surface area contributed by atoms with Gasteiger partial charge < -0.3 is 9.47 Å². The summed E-state index contributed by atoms with van der Waals surface area (Å²) in [5.41, 5.74) is 1.43. The molecule has 0 unspecified atom stereocenters. The van der Waals surface area contributed by atoms with Crippen LogP contribution in [0.15, 0.2) is 58.8 Å². The minimum absolute atomic E-state index is 0.137. The number of rotatable bonds is 7. The molecular formula is C19H19NO4S2. The molecule has 0 bridgehead atoms. The number of hydrogen-bond acceptors (Lipinski definition) is 6. The van der Waals surface area contributed by atoms with Gasteiger partial charge >= 0.3 is 0 Å². The molecule has 7 heteroatoms. The Balaban J connectivity index is 1.79. The topological polar surface area (TPSA) is 65.5 Å². The molecule has 26 heavy (non-hydrogen) atoms. The van der Waals surface area contributed by atoms with Crippen LogP contribution in [0.4, 0.5) is 0 Å². The van der Waals surface area contributed by atoms with Crippen LogP contribution in [-0.4, -0.2) is 27.1 Å². The van der Waals surface area contributed by atoms with Crippen LogP contribution in [0.25, 0.3) is 10.6 Å².